The summed E-state index contributed by atoms with van der Waals surface area (Å²) in [4.78, 5) is 17.2. The summed E-state index contributed by atoms with van der Waals surface area (Å²) in [5.41, 5.74) is 1.97. The third-order valence-corrected chi connectivity index (χ3v) is 3.13. The van der Waals surface area contributed by atoms with Crippen molar-refractivity contribution in [1.82, 2.24) is 4.98 Å². The van der Waals surface area contributed by atoms with E-state index >= 15 is 0 Å². The number of rotatable bonds is 5. The summed E-state index contributed by atoms with van der Waals surface area (Å²) in [6.45, 7) is 4.63. The molecule has 0 aliphatic rings. The molecule has 0 unspecified atom stereocenters. The van der Waals surface area contributed by atoms with Crippen molar-refractivity contribution in [3.63, 3.8) is 0 Å². The minimum atomic E-state index is -0.774. The lowest BCUT2D eigenvalue weighted by atomic mass is 10.1. The predicted octanol–water partition coefficient (Wildman–Crippen LogP) is 2.92. The van der Waals surface area contributed by atoms with Gasteiger partial charge in [0.05, 0.1) is 11.9 Å². The Morgan fingerprint density at radius 2 is 2.05 bits per heavy atom. The highest BCUT2D eigenvalue weighted by Gasteiger charge is 2.14. The van der Waals surface area contributed by atoms with Crippen molar-refractivity contribution < 1.29 is 9.90 Å². The fourth-order valence-electron chi connectivity index (χ4n) is 2.20. The third-order valence-electron chi connectivity index (χ3n) is 3.13. The molecule has 4 heteroatoms. The fraction of sp³-hybridized carbons (Fsp3) is 0.333. The van der Waals surface area contributed by atoms with Crippen LogP contribution in [0.2, 0.25) is 0 Å². The fourth-order valence-corrected chi connectivity index (χ4v) is 2.20. The Bertz CT molecular complexity index is 576. The van der Waals surface area contributed by atoms with Crippen molar-refractivity contribution in [2.75, 3.05) is 11.4 Å². The topological polar surface area (TPSA) is 53.4 Å². The van der Waals surface area contributed by atoms with Gasteiger partial charge >= 0.3 is 5.97 Å². The molecule has 0 fully saturated rings. The zero-order valence-electron chi connectivity index (χ0n) is 11.2. The standard InChI is InChI=1S/C15H18N2O2/c1-11(2)17(10-8-15(18)19)14-7-9-16-13-6-4-3-5-12(13)14/h3-7,9,11H,8,10H2,1-2H3,(H,18,19). The summed E-state index contributed by atoms with van der Waals surface area (Å²) in [5.74, 6) is -0.774. The van der Waals surface area contributed by atoms with Gasteiger partial charge in [-0.15, -0.1) is 0 Å². The van der Waals surface area contributed by atoms with E-state index in [1.807, 2.05) is 30.3 Å². The summed E-state index contributed by atoms with van der Waals surface area (Å²) in [5, 5.41) is 9.92. The molecule has 0 aliphatic heterocycles. The average molecular weight is 258 g/mol. The number of carboxylic acids is 1. The Morgan fingerprint density at radius 1 is 1.32 bits per heavy atom. The lowest BCUT2D eigenvalue weighted by Crippen LogP contribution is -2.33. The van der Waals surface area contributed by atoms with E-state index in [2.05, 4.69) is 23.7 Å². The van der Waals surface area contributed by atoms with Crippen LogP contribution in [-0.2, 0) is 4.79 Å². The first-order chi connectivity index (χ1) is 9.09. The summed E-state index contributed by atoms with van der Waals surface area (Å²) in [6.07, 6.45) is 1.91. The highest BCUT2D eigenvalue weighted by Crippen LogP contribution is 2.26. The first kappa shape index (κ1) is 13.3. The third kappa shape index (κ3) is 3.02. The molecule has 1 aromatic heterocycles. The van der Waals surface area contributed by atoms with Crippen LogP contribution in [-0.4, -0.2) is 28.6 Å². The van der Waals surface area contributed by atoms with Crippen molar-refractivity contribution in [3.05, 3.63) is 36.5 Å². The molecule has 100 valence electrons. The van der Waals surface area contributed by atoms with Crippen LogP contribution in [0, 0.1) is 0 Å². The number of hydrogen-bond acceptors (Lipinski definition) is 3. The molecule has 1 aromatic carbocycles. The maximum absolute atomic E-state index is 10.8. The van der Waals surface area contributed by atoms with E-state index in [9.17, 15) is 4.79 Å². The second-order valence-corrected chi connectivity index (χ2v) is 4.78. The Balaban J connectivity index is 2.41. The number of benzene rings is 1. The minimum Gasteiger partial charge on any atom is -0.481 e. The number of anilines is 1. The average Bonchev–Trinajstić information content (AvgIpc) is 2.38. The van der Waals surface area contributed by atoms with Crippen LogP contribution in [0.3, 0.4) is 0 Å². The number of nitrogens with zero attached hydrogens (tertiary/aromatic N) is 2. The summed E-state index contributed by atoms with van der Waals surface area (Å²) < 4.78 is 0. The van der Waals surface area contributed by atoms with Crippen LogP contribution in [0.5, 0.6) is 0 Å². The second kappa shape index (κ2) is 5.69. The van der Waals surface area contributed by atoms with Gasteiger partial charge in [0.15, 0.2) is 0 Å². The maximum Gasteiger partial charge on any atom is 0.305 e. The van der Waals surface area contributed by atoms with E-state index in [1.54, 1.807) is 6.20 Å². The van der Waals surface area contributed by atoms with Crippen molar-refractivity contribution >= 4 is 22.6 Å². The number of hydrogen-bond donors (Lipinski definition) is 1. The summed E-state index contributed by atoms with van der Waals surface area (Å²) in [7, 11) is 0. The Morgan fingerprint density at radius 3 is 2.74 bits per heavy atom. The zero-order valence-corrected chi connectivity index (χ0v) is 11.2. The van der Waals surface area contributed by atoms with Gasteiger partial charge in [0.2, 0.25) is 0 Å². The van der Waals surface area contributed by atoms with Gasteiger partial charge in [0.25, 0.3) is 0 Å². The van der Waals surface area contributed by atoms with Crippen molar-refractivity contribution in [2.24, 2.45) is 0 Å². The van der Waals surface area contributed by atoms with Gasteiger partial charge in [-0.3, -0.25) is 9.78 Å². The van der Waals surface area contributed by atoms with Gasteiger partial charge in [0, 0.05) is 29.9 Å². The van der Waals surface area contributed by atoms with Gasteiger partial charge in [-0.1, -0.05) is 18.2 Å². The van der Waals surface area contributed by atoms with Crippen LogP contribution in [0.25, 0.3) is 10.9 Å². The first-order valence-electron chi connectivity index (χ1n) is 6.42. The molecule has 1 N–H and O–H groups in total. The molecular formula is C15H18N2O2. The smallest absolute Gasteiger partial charge is 0.305 e. The number of fused-ring (bicyclic) bond motifs is 1. The van der Waals surface area contributed by atoms with Crippen LogP contribution < -0.4 is 4.90 Å². The maximum atomic E-state index is 10.8. The van der Waals surface area contributed by atoms with E-state index in [0.717, 1.165) is 16.6 Å². The molecule has 0 atom stereocenters. The molecule has 1 heterocycles. The number of pyridine rings is 1. The molecule has 0 saturated heterocycles. The highest BCUT2D eigenvalue weighted by molar-refractivity contribution is 5.91. The van der Waals surface area contributed by atoms with Gasteiger partial charge in [-0.2, -0.15) is 0 Å². The summed E-state index contributed by atoms with van der Waals surface area (Å²) in [6, 6.07) is 10.1. The van der Waals surface area contributed by atoms with Gasteiger partial charge in [0.1, 0.15) is 0 Å². The van der Waals surface area contributed by atoms with Gasteiger partial charge in [-0.05, 0) is 26.0 Å². The van der Waals surface area contributed by atoms with Crippen LogP contribution in [0.4, 0.5) is 5.69 Å². The molecule has 0 bridgehead atoms. The first-order valence-corrected chi connectivity index (χ1v) is 6.42. The molecule has 0 radical (unpaired) electrons. The molecule has 19 heavy (non-hydrogen) atoms. The van der Waals surface area contributed by atoms with E-state index in [4.69, 9.17) is 5.11 Å². The number of aromatic nitrogens is 1. The molecule has 0 spiro atoms. The lowest BCUT2D eigenvalue weighted by molar-refractivity contribution is -0.136. The van der Waals surface area contributed by atoms with Crippen LogP contribution >= 0.6 is 0 Å². The Kier molecular flexibility index (Phi) is 4.00. The number of carboxylic acid groups (broad SMARTS) is 1. The Labute approximate surface area is 112 Å². The molecule has 0 saturated carbocycles. The normalized spacial score (nSPS) is 10.9. The number of carbonyl (C=O) groups is 1. The van der Waals surface area contributed by atoms with E-state index in [-0.39, 0.29) is 12.5 Å². The molecular weight excluding hydrogens is 240 g/mol. The monoisotopic (exact) mass is 258 g/mol. The quantitative estimate of drug-likeness (QED) is 0.896. The molecule has 0 aliphatic carbocycles. The predicted molar refractivity (Wildman–Crippen MR) is 76.5 cm³/mol. The van der Waals surface area contributed by atoms with Gasteiger partial charge in [-0.25, -0.2) is 0 Å². The highest BCUT2D eigenvalue weighted by atomic mass is 16.4. The molecule has 2 rings (SSSR count). The number of para-hydroxylation sites is 1. The van der Waals surface area contributed by atoms with Crippen LogP contribution in [0.1, 0.15) is 20.3 Å². The second-order valence-electron chi connectivity index (χ2n) is 4.78. The van der Waals surface area contributed by atoms with Gasteiger partial charge < -0.3 is 10.0 Å². The zero-order chi connectivity index (χ0) is 13.8. The largest absolute Gasteiger partial charge is 0.481 e. The van der Waals surface area contributed by atoms with Crippen molar-refractivity contribution in [3.8, 4) is 0 Å². The number of aliphatic carboxylic acids is 1. The van der Waals surface area contributed by atoms with E-state index in [0.29, 0.717) is 6.54 Å². The Hall–Kier alpha value is -2.10. The van der Waals surface area contributed by atoms with Crippen LogP contribution in [0.15, 0.2) is 36.5 Å². The van der Waals surface area contributed by atoms with E-state index < -0.39 is 5.97 Å². The summed E-state index contributed by atoms with van der Waals surface area (Å²) >= 11 is 0. The lowest BCUT2D eigenvalue weighted by Gasteiger charge is -2.29. The van der Waals surface area contributed by atoms with E-state index in [1.165, 1.54) is 0 Å². The van der Waals surface area contributed by atoms with Crippen molar-refractivity contribution in [1.29, 1.82) is 0 Å². The van der Waals surface area contributed by atoms with Crippen molar-refractivity contribution in [2.45, 2.75) is 26.3 Å². The molecule has 0 amide bonds. The molecule has 4 nitrogen and oxygen atoms in total. The molecule has 2 aromatic rings. The minimum absolute atomic E-state index is 0.134. The SMILES string of the molecule is CC(C)N(CCC(=O)O)c1ccnc2ccccc12.